The molecule has 1 fully saturated rings. The summed E-state index contributed by atoms with van der Waals surface area (Å²) in [6.45, 7) is 3.65. The van der Waals surface area contributed by atoms with Crippen LogP contribution in [0.2, 0.25) is 0 Å². The van der Waals surface area contributed by atoms with Crippen LogP contribution in [0.4, 0.5) is 8.78 Å². The quantitative estimate of drug-likeness (QED) is 0.788. The summed E-state index contributed by atoms with van der Waals surface area (Å²) in [5.74, 6) is -2.64. The van der Waals surface area contributed by atoms with Gasteiger partial charge in [0.2, 0.25) is 5.92 Å². The number of halogens is 2. The fourth-order valence-corrected chi connectivity index (χ4v) is 2.84. The van der Waals surface area contributed by atoms with E-state index in [1.54, 1.807) is 0 Å². The van der Waals surface area contributed by atoms with Gasteiger partial charge in [-0.1, -0.05) is 13.8 Å². The lowest BCUT2D eigenvalue weighted by molar-refractivity contribution is -0.174. The summed E-state index contributed by atoms with van der Waals surface area (Å²) < 4.78 is 26.1. The lowest BCUT2D eigenvalue weighted by atomic mass is 9.62. The van der Waals surface area contributed by atoms with Gasteiger partial charge in [-0.25, -0.2) is 8.78 Å². The smallest absolute Gasteiger partial charge is 0.248 e. The van der Waals surface area contributed by atoms with E-state index < -0.39 is 16.9 Å². The molecule has 0 heterocycles. The number of alkyl halides is 2. The molecule has 0 radical (unpaired) electrons. The first-order valence-corrected chi connectivity index (χ1v) is 6.06. The van der Waals surface area contributed by atoms with Crippen LogP contribution in [0, 0.1) is 5.41 Å². The molecule has 0 aromatic rings. The largest absolute Gasteiger partial charge is 0.396 e. The van der Waals surface area contributed by atoms with Crippen molar-refractivity contribution in [1.82, 2.24) is 0 Å². The number of aliphatic hydroxyl groups is 2. The van der Waals surface area contributed by atoms with Gasteiger partial charge in [-0.05, 0) is 25.7 Å². The van der Waals surface area contributed by atoms with Crippen LogP contribution in [-0.4, -0.2) is 28.3 Å². The molecule has 0 aromatic heterocycles. The third-order valence-corrected chi connectivity index (χ3v) is 4.45. The van der Waals surface area contributed by atoms with E-state index >= 15 is 0 Å². The zero-order valence-corrected chi connectivity index (χ0v) is 10.1. The van der Waals surface area contributed by atoms with Crippen molar-refractivity contribution in [2.24, 2.45) is 5.41 Å². The van der Waals surface area contributed by atoms with Crippen molar-refractivity contribution in [1.29, 1.82) is 0 Å². The average molecular weight is 236 g/mol. The van der Waals surface area contributed by atoms with E-state index in [-0.39, 0.29) is 32.3 Å². The molecular formula is C12H22F2O2. The highest BCUT2D eigenvalue weighted by Crippen LogP contribution is 2.49. The van der Waals surface area contributed by atoms with Crippen LogP contribution in [0.15, 0.2) is 0 Å². The normalized spacial score (nSPS) is 24.4. The van der Waals surface area contributed by atoms with Crippen LogP contribution in [0.1, 0.15) is 52.4 Å². The molecule has 0 spiro atoms. The number of aliphatic hydroxyl groups excluding tert-OH is 1. The molecule has 1 aliphatic carbocycles. The molecule has 0 unspecified atom stereocenters. The van der Waals surface area contributed by atoms with Crippen molar-refractivity contribution in [3.63, 3.8) is 0 Å². The van der Waals surface area contributed by atoms with Gasteiger partial charge in [-0.15, -0.1) is 0 Å². The maximum absolute atomic E-state index is 13.1. The van der Waals surface area contributed by atoms with Crippen molar-refractivity contribution in [3.05, 3.63) is 0 Å². The highest BCUT2D eigenvalue weighted by Gasteiger charge is 2.52. The molecule has 0 saturated heterocycles. The summed E-state index contributed by atoms with van der Waals surface area (Å²) in [5.41, 5.74) is -1.75. The van der Waals surface area contributed by atoms with Gasteiger partial charge in [-0.3, -0.25) is 0 Å². The minimum absolute atomic E-state index is 0.0856. The Morgan fingerprint density at radius 3 is 1.81 bits per heavy atom. The summed E-state index contributed by atoms with van der Waals surface area (Å²) in [5, 5.41) is 20.0. The monoisotopic (exact) mass is 236 g/mol. The van der Waals surface area contributed by atoms with Crippen molar-refractivity contribution >= 4 is 0 Å². The lowest BCUT2D eigenvalue weighted by Gasteiger charge is -2.49. The first kappa shape index (κ1) is 13.8. The van der Waals surface area contributed by atoms with E-state index in [0.717, 1.165) is 0 Å². The van der Waals surface area contributed by atoms with Crippen molar-refractivity contribution < 1.29 is 19.0 Å². The SMILES string of the molecule is CCC(CC)(CO)C1(O)CCC(F)(F)CC1. The van der Waals surface area contributed by atoms with Gasteiger partial charge in [0.15, 0.2) is 0 Å². The van der Waals surface area contributed by atoms with Gasteiger partial charge in [0.05, 0.1) is 12.2 Å². The standard InChI is InChI=1S/C12H22F2O2/c1-3-10(4-2,9-15)11(16)5-7-12(13,14)8-6-11/h15-16H,3-9H2,1-2H3. The van der Waals surface area contributed by atoms with Gasteiger partial charge >= 0.3 is 0 Å². The van der Waals surface area contributed by atoms with Gasteiger partial charge in [0.1, 0.15) is 0 Å². The molecular weight excluding hydrogens is 214 g/mol. The summed E-state index contributed by atoms with van der Waals surface area (Å²) in [4.78, 5) is 0. The highest BCUT2D eigenvalue weighted by atomic mass is 19.3. The second-order valence-electron chi connectivity index (χ2n) is 5.03. The van der Waals surface area contributed by atoms with Crippen LogP contribution >= 0.6 is 0 Å². The Bertz CT molecular complexity index is 219. The minimum atomic E-state index is -2.64. The highest BCUT2D eigenvalue weighted by molar-refractivity contribution is 5.01. The van der Waals surface area contributed by atoms with Crippen LogP contribution in [0.5, 0.6) is 0 Å². The number of hydrogen-bond acceptors (Lipinski definition) is 2. The van der Waals surface area contributed by atoms with E-state index in [1.807, 2.05) is 13.8 Å². The van der Waals surface area contributed by atoms with Crippen molar-refractivity contribution in [2.75, 3.05) is 6.61 Å². The van der Waals surface area contributed by atoms with E-state index in [9.17, 15) is 19.0 Å². The Labute approximate surface area is 95.7 Å². The average Bonchev–Trinajstić information content (AvgIpc) is 2.26. The number of rotatable bonds is 4. The summed E-state index contributed by atoms with van der Waals surface area (Å²) in [7, 11) is 0. The van der Waals surface area contributed by atoms with Gasteiger partial charge in [0, 0.05) is 18.3 Å². The Kier molecular flexibility index (Phi) is 3.95. The Morgan fingerprint density at radius 2 is 1.50 bits per heavy atom. The molecule has 0 aromatic carbocycles. The number of hydrogen-bond donors (Lipinski definition) is 2. The predicted octanol–water partition coefficient (Wildman–Crippen LogP) is 2.73. The first-order chi connectivity index (χ1) is 7.35. The molecule has 0 atom stereocenters. The predicted molar refractivity (Wildman–Crippen MR) is 58.5 cm³/mol. The Morgan fingerprint density at radius 1 is 1.06 bits per heavy atom. The van der Waals surface area contributed by atoms with E-state index in [4.69, 9.17) is 0 Å². The van der Waals surface area contributed by atoms with Crippen LogP contribution in [0.25, 0.3) is 0 Å². The third-order valence-electron chi connectivity index (χ3n) is 4.45. The van der Waals surface area contributed by atoms with Crippen molar-refractivity contribution in [3.8, 4) is 0 Å². The molecule has 1 saturated carbocycles. The Balaban J connectivity index is 2.85. The molecule has 16 heavy (non-hydrogen) atoms. The third kappa shape index (κ3) is 2.23. The Hall–Kier alpha value is -0.220. The zero-order valence-electron chi connectivity index (χ0n) is 10.1. The molecule has 2 nitrogen and oxygen atoms in total. The molecule has 2 N–H and O–H groups in total. The van der Waals surface area contributed by atoms with Crippen LogP contribution in [0.3, 0.4) is 0 Å². The van der Waals surface area contributed by atoms with E-state index in [0.29, 0.717) is 12.8 Å². The lowest BCUT2D eigenvalue weighted by Crippen LogP contribution is -2.53. The van der Waals surface area contributed by atoms with Gasteiger partial charge in [-0.2, -0.15) is 0 Å². The van der Waals surface area contributed by atoms with Crippen molar-refractivity contribution in [2.45, 2.75) is 63.9 Å². The molecule has 0 bridgehead atoms. The van der Waals surface area contributed by atoms with Gasteiger partial charge in [0.25, 0.3) is 0 Å². The van der Waals surface area contributed by atoms with E-state index in [2.05, 4.69) is 0 Å². The van der Waals surface area contributed by atoms with Gasteiger partial charge < -0.3 is 10.2 Å². The van der Waals surface area contributed by atoms with Crippen LogP contribution < -0.4 is 0 Å². The zero-order chi connectivity index (χ0) is 12.4. The summed E-state index contributed by atoms with van der Waals surface area (Å²) >= 11 is 0. The minimum Gasteiger partial charge on any atom is -0.396 e. The second-order valence-corrected chi connectivity index (χ2v) is 5.03. The molecule has 1 rings (SSSR count). The maximum atomic E-state index is 13.1. The topological polar surface area (TPSA) is 40.5 Å². The summed E-state index contributed by atoms with van der Waals surface area (Å²) in [6, 6.07) is 0. The molecule has 4 heteroatoms. The molecule has 96 valence electrons. The fourth-order valence-electron chi connectivity index (χ4n) is 2.84. The molecule has 0 aliphatic heterocycles. The fraction of sp³-hybridized carbons (Fsp3) is 1.00. The maximum Gasteiger partial charge on any atom is 0.248 e. The molecule has 0 amide bonds. The second kappa shape index (κ2) is 4.57. The van der Waals surface area contributed by atoms with E-state index in [1.165, 1.54) is 0 Å². The molecule has 1 aliphatic rings. The summed E-state index contributed by atoms with van der Waals surface area (Å²) in [6.07, 6.45) is 0.852. The first-order valence-electron chi connectivity index (χ1n) is 6.06. The van der Waals surface area contributed by atoms with Crippen LogP contribution in [-0.2, 0) is 0 Å².